The van der Waals surface area contributed by atoms with Crippen LogP contribution in [0.3, 0.4) is 0 Å². The van der Waals surface area contributed by atoms with Gasteiger partial charge in [0.2, 0.25) is 5.91 Å². The molecular weight excluding hydrogens is 385 g/mol. The lowest BCUT2D eigenvalue weighted by Gasteiger charge is -2.20. The van der Waals surface area contributed by atoms with Crippen molar-refractivity contribution in [1.82, 2.24) is 5.32 Å². The Morgan fingerprint density at radius 2 is 1.88 bits per heavy atom. The molecule has 2 aromatic rings. The molecule has 0 aromatic heterocycles. The zero-order valence-corrected chi connectivity index (χ0v) is 15.6. The summed E-state index contributed by atoms with van der Waals surface area (Å²) in [6.45, 7) is -1.24. The Hall–Kier alpha value is -1.89. The number of nitrogens with two attached hydrogens (primary N) is 1. The number of benzene rings is 2. The predicted molar refractivity (Wildman–Crippen MR) is 99.7 cm³/mol. The van der Waals surface area contributed by atoms with Crippen molar-refractivity contribution in [1.29, 1.82) is 0 Å². The topological polar surface area (TPSA) is 64.3 Å². The number of amides is 1. The smallest absolute Gasteiger partial charge is 0.387 e. The number of rotatable bonds is 7. The average Bonchev–Trinajstić information content (AvgIpc) is 2.60. The molecule has 0 aliphatic rings. The molecule has 4 nitrogen and oxygen atoms in total. The van der Waals surface area contributed by atoms with E-state index in [-0.39, 0.29) is 30.6 Å². The summed E-state index contributed by atoms with van der Waals surface area (Å²) in [6, 6.07) is 13.0. The molecule has 2 rings (SSSR count). The number of nitrogens with one attached hydrogen (secondary N) is 1. The van der Waals surface area contributed by atoms with E-state index in [2.05, 4.69) is 10.1 Å². The van der Waals surface area contributed by atoms with Gasteiger partial charge in [0.1, 0.15) is 5.75 Å². The van der Waals surface area contributed by atoms with Crippen molar-refractivity contribution >= 4 is 29.9 Å². The second kappa shape index (κ2) is 10.3. The van der Waals surface area contributed by atoms with Gasteiger partial charge >= 0.3 is 6.61 Å². The standard InChI is InChI=1S/C18H19ClF2N2O2.ClH/c1-11(16(22)12-5-3-2-4-6-12)17(24)23-10-13-9-14(19)7-8-15(13)25-18(20)21;/h2-9,11,16,18H,10,22H2,1H3,(H,23,24);1H. The molecule has 0 fully saturated rings. The highest BCUT2D eigenvalue weighted by Gasteiger charge is 2.22. The fourth-order valence-corrected chi connectivity index (χ4v) is 2.56. The molecule has 0 aliphatic heterocycles. The Morgan fingerprint density at radius 3 is 2.50 bits per heavy atom. The number of hydrogen-bond donors (Lipinski definition) is 2. The minimum absolute atomic E-state index is 0. The Kier molecular flexibility index (Phi) is 8.78. The molecule has 0 spiro atoms. The molecule has 0 bridgehead atoms. The molecule has 2 unspecified atom stereocenters. The van der Waals surface area contributed by atoms with Gasteiger partial charge in [0.25, 0.3) is 0 Å². The average molecular weight is 405 g/mol. The molecule has 1 amide bonds. The number of carbonyl (C=O) groups is 1. The van der Waals surface area contributed by atoms with Gasteiger partial charge in [-0.15, -0.1) is 12.4 Å². The fraction of sp³-hybridized carbons (Fsp3) is 0.278. The van der Waals surface area contributed by atoms with Crippen LogP contribution in [-0.4, -0.2) is 12.5 Å². The van der Waals surface area contributed by atoms with E-state index in [0.717, 1.165) is 5.56 Å². The Balaban J connectivity index is 0.00000338. The quantitative estimate of drug-likeness (QED) is 0.722. The summed E-state index contributed by atoms with van der Waals surface area (Å²) in [5.74, 6) is -0.819. The van der Waals surface area contributed by atoms with E-state index >= 15 is 0 Å². The molecule has 0 radical (unpaired) electrons. The number of ether oxygens (including phenoxy) is 1. The van der Waals surface area contributed by atoms with Crippen LogP contribution in [0, 0.1) is 5.92 Å². The first-order valence-corrected chi connectivity index (χ1v) is 8.07. The lowest BCUT2D eigenvalue weighted by Crippen LogP contribution is -2.35. The molecule has 8 heteroatoms. The van der Waals surface area contributed by atoms with Crippen LogP contribution in [0.25, 0.3) is 0 Å². The summed E-state index contributed by atoms with van der Waals surface area (Å²) in [6.07, 6.45) is 0. The Bertz CT molecular complexity index is 718. The maximum absolute atomic E-state index is 12.5. The highest BCUT2D eigenvalue weighted by Crippen LogP contribution is 2.25. The lowest BCUT2D eigenvalue weighted by molar-refractivity contribution is -0.125. The van der Waals surface area contributed by atoms with Crippen molar-refractivity contribution in [3.63, 3.8) is 0 Å². The molecule has 3 N–H and O–H groups in total. The maximum atomic E-state index is 12.5. The zero-order chi connectivity index (χ0) is 18.4. The highest BCUT2D eigenvalue weighted by molar-refractivity contribution is 6.30. The molecule has 0 heterocycles. The third kappa shape index (κ3) is 6.12. The van der Waals surface area contributed by atoms with Gasteiger partial charge < -0.3 is 15.8 Å². The van der Waals surface area contributed by atoms with Crippen LogP contribution in [0.5, 0.6) is 5.75 Å². The molecular formula is C18H20Cl2F2N2O2. The lowest BCUT2D eigenvalue weighted by atomic mass is 9.94. The van der Waals surface area contributed by atoms with Crippen molar-refractivity contribution in [2.24, 2.45) is 11.7 Å². The van der Waals surface area contributed by atoms with E-state index in [4.69, 9.17) is 17.3 Å². The van der Waals surface area contributed by atoms with Crippen LogP contribution in [0.4, 0.5) is 8.78 Å². The van der Waals surface area contributed by atoms with Gasteiger partial charge in [0.05, 0.1) is 5.92 Å². The SMILES string of the molecule is CC(C(=O)NCc1cc(Cl)ccc1OC(F)F)C(N)c1ccccc1.Cl. The van der Waals surface area contributed by atoms with Gasteiger partial charge in [0, 0.05) is 23.2 Å². The van der Waals surface area contributed by atoms with E-state index in [1.54, 1.807) is 6.92 Å². The van der Waals surface area contributed by atoms with Gasteiger partial charge in [0.15, 0.2) is 0 Å². The summed E-state index contributed by atoms with van der Waals surface area (Å²) in [7, 11) is 0. The van der Waals surface area contributed by atoms with Gasteiger partial charge in [-0.25, -0.2) is 0 Å². The summed E-state index contributed by atoms with van der Waals surface area (Å²) >= 11 is 5.89. The first-order chi connectivity index (χ1) is 11.9. The molecule has 0 aliphatic carbocycles. The monoisotopic (exact) mass is 404 g/mol. The molecule has 0 saturated heterocycles. The van der Waals surface area contributed by atoms with Gasteiger partial charge in [-0.2, -0.15) is 8.78 Å². The van der Waals surface area contributed by atoms with Crippen LogP contribution >= 0.6 is 24.0 Å². The summed E-state index contributed by atoms with van der Waals surface area (Å²) < 4.78 is 29.4. The largest absolute Gasteiger partial charge is 0.434 e. The van der Waals surface area contributed by atoms with E-state index < -0.39 is 18.6 Å². The summed E-state index contributed by atoms with van der Waals surface area (Å²) in [5, 5.41) is 3.05. The second-order valence-corrected chi connectivity index (χ2v) is 6.01. The van der Waals surface area contributed by atoms with E-state index in [1.807, 2.05) is 30.3 Å². The Labute approximate surface area is 162 Å². The Morgan fingerprint density at radius 1 is 1.23 bits per heavy atom. The minimum atomic E-state index is -2.96. The van der Waals surface area contributed by atoms with Crippen molar-refractivity contribution in [3.05, 3.63) is 64.7 Å². The molecule has 142 valence electrons. The third-order valence-corrected chi connectivity index (χ3v) is 4.06. The van der Waals surface area contributed by atoms with Crippen LogP contribution in [-0.2, 0) is 11.3 Å². The molecule has 2 atom stereocenters. The first-order valence-electron chi connectivity index (χ1n) is 7.70. The van der Waals surface area contributed by atoms with Crippen molar-refractivity contribution < 1.29 is 18.3 Å². The highest BCUT2D eigenvalue weighted by atomic mass is 35.5. The molecule has 0 saturated carbocycles. The van der Waals surface area contributed by atoms with Crippen molar-refractivity contribution in [2.75, 3.05) is 0 Å². The normalized spacial score (nSPS) is 12.8. The summed E-state index contributed by atoms with van der Waals surface area (Å²) in [4.78, 5) is 12.3. The fourth-order valence-electron chi connectivity index (χ4n) is 2.37. The maximum Gasteiger partial charge on any atom is 0.387 e. The summed E-state index contributed by atoms with van der Waals surface area (Å²) in [5.41, 5.74) is 7.33. The molecule has 2 aromatic carbocycles. The number of hydrogen-bond acceptors (Lipinski definition) is 3. The van der Waals surface area contributed by atoms with Crippen molar-refractivity contribution in [3.8, 4) is 5.75 Å². The zero-order valence-electron chi connectivity index (χ0n) is 14.0. The second-order valence-electron chi connectivity index (χ2n) is 5.57. The minimum Gasteiger partial charge on any atom is -0.434 e. The van der Waals surface area contributed by atoms with E-state index in [9.17, 15) is 13.6 Å². The number of alkyl halides is 2. The number of carbonyl (C=O) groups excluding carboxylic acids is 1. The third-order valence-electron chi connectivity index (χ3n) is 3.83. The first kappa shape index (κ1) is 22.2. The van der Waals surface area contributed by atoms with Gasteiger partial charge in [-0.1, -0.05) is 48.9 Å². The van der Waals surface area contributed by atoms with Crippen LogP contribution in [0.2, 0.25) is 5.02 Å². The molecule has 26 heavy (non-hydrogen) atoms. The van der Waals surface area contributed by atoms with Crippen molar-refractivity contribution in [2.45, 2.75) is 26.1 Å². The van der Waals surface area contributed by atoms with Gasteiger partial charge in [-0.05, 0) is 23.8 Å². The van der Waals surface area contributed by atoms with Crippen LogP contribution < -0.4 is 15.8 Å². The van der Waals surface area contributed by atoms with E-state index in [1.165, 1.54) is 18.2 Å². The van der Waals surface area contributed by atoms with E-state index in [0.29, 0.717) is 10.6 Å². The van der Waals surface area contributed by atoms with Crippen LogP contribution in [0.15, 0.2) is 48.5 Å². The number of halogens is 4. The predicted octanol–water partition coefficient (Wildman–Crippen LogP) is 4.32. The van der Waals surface area contributed by atoms with Gasteiger partial charge in [-0.3, -0.25) is 4.79 Å². The van der Waals surface area contributed by atoms with Crippen LogP contribution in [0.1, 0.15) is 24.1 Å².